The molecule has 0 radical (unpaired) electrons. The molecule has 0 aliphatic carbocycles. The van der Waals surface area contributed by atoms with Crippen LogP contribution in [0.3, 0.4) is 0 Å². The van der Waals surface area contributed by atoms with E-state index in [9.17, 15) is 4.79 Å². The van der Waals surface area contributed by atoms with Gasteiger partial charge in [0.05, 0.1) is 0 Å². The zero-order valence-electron chi connectivity index (χ0n) is 15.9. The summed E-state index contributed by atoms with van der Waals surface area (Å²) in [6.07, 6.45) is 1.99. The van der Waals surface area contributed by atoms with Crippen molar-refractivity contribution < 1.29 is 14.3 Å². The molecule has 0 bridgehead atoms. The maximum atomic E-state index is 11.5. The van der Waals surface area contributed by atoms with Crippen LogP contribution in [0, 0.1) is 5.92 Å². The third kappa shape index (κ3) is 4.04. The van der Waals surface area contributed by atoms with E-state index in [4.69, 9.17) is 9.47 Å². The number of benzene rings is 2. The van der Waals surface area contributed by atoms with Crippen molar-refractivity contribution in [1.82, 2.24) is 9.88 Å². The van der Waals surface area contributed by atoms with Gasteiger partial charge in [-0.05, 0) is 0 Å². The third-order valence-corrected chi connectivity index (χ3v) is 7.28. The minimum atomic E-state index is -0.102. The van der Waals surface area contributed by atoms with E-state index in [1.54, 1.807) is 7.11 Å². The molecule has 1 saturated heterocycles. The second-order valence-electron chi connectivity index (χ2n) is 6.87. The van der Waals surface area contributed by atoms with E-state index in [0.29, 0.717) is 0 Å². The van der Waals surface area contributed by atoms with Gasteiger partial charge in [-0.1, -0.05) is 0 Å². The first-order valence-corrected chi connectivity index (χ1v) is 10.9. The summed E-state index contributed by atoms with van der Waals surface area (Å²) >= 11 is 0.196. The van der Waals surface area contributed by atoms with Gasteiger partial charge < -0.3 is 0 Å². The van der Waals surface area contributed by atoms with Crippen molar-refractivity contribution in [3.05, 3.63) is 60.3 Å². The number of hydrogen-bond donors (Lipinski definition) is 0. The molecule has 0 amide bonds. The Labute approximate surface area is 170 Å². The molecule has 1 aromatic heterocycles. The zero-order chi connectivity index (χ0) is 19.5. The van der Waals surface area contributed by atoms with Crippen molar-refractivity contribution in [2.75, 3.05) is 27.3 Å². The first kappa shape index (κ1) is 18.9. The van der Waals surface area contributed by atoms with E-state index in [-0.39, 0.29) is 26.4 Å². The summed E-state index contributed by atoms with van der Waals surface area (Å²) in [7, 11) is 3.13. The standard InChI is InChI=1S/C22H22N2O3Se/c1-26-19-9-7-17(8-10-19)21-23-11-20(28-21)16-5-3-15(4-6-16)12-24-13-18(14-24)22(25)27-2/h3-11,18H,12-14H2,1-2H3. The van der Waals surface area contributed by atoms with Crippen LogP contribution in [0.4, 0.5) is 0 Å². The number of nitrogens with zero attached hydrogens (tertiary/aromatic N) is 2. The summed E-state index contributed by atoms with van der Waals surface area (Å²) in [6, 6.07) is 16.8. The van der Waals surface area contributed by atoms with E-state index in [2.05, 4.69) is 46.3 Å². The van der Waals surface area contributed by atoms with E-state index in [1.807, 2.05) is 18.3 Å². The molecule has 0 saturated carbocycles. The Kier molecular flexibility index (Phi) is 5.62. The molecule has 6 heteroatoms. The Balaban J connectivity index is 1.39. The van der Waals surface area contributed by atoms with Crippen LogP contribution in [0.2, 0.25) is 0 Å². The van der Waals surface area contributed by atoms with Crippen LogP contribution < -0.4 is 4.74 Å². The van der Waals surface area contributed by atoms with E-state index in [1.165, 1.54) is 22.7 Å². The van der Waals surface area contributed by atoms with E-state index < -0.39 is 0 Å². The number of aromatic nitrogens is 1. The maximum absolute atomic E-state index is 11.5. The molecule has 0 spiro atoms. The summed E-state index contributed by atoms with van der Waals surface area (Å²) in [6.45, 7) is 2.43. The molecule has 2 heterocycles. The predicted molar refractivity (Wildman–Crippen MR) is 109 cm³/mol. The van der Waals surface area contributed by atoms with Crippen molar-refractivity contribution in [2.24, 2.45) is 5.92 Å². The van der Waals surface area contributed by atoms with Gasteiger partial charge in [0.25, 0.3) is 0 Å². The summed E-state index contributed by atoms with van der Waals surface area (Å²) in [5.41, 5.74) is 3.64. The second kappa shape index (κ2) is 8.31. The second-order valence-corrected chi connectivity index (χ2v) is 9.03. The van der Waals surface area contributed by atoms with Crippen LogP contribution in [-0.2, 0) is 16.1 Å². The van der Waals surface area contributed by atoms with Crippen molar-refractivity contribution >= 4 is 20.5 Å². The normalized spacial score (nSPS) is 14.5. The molecular weight excluding hydrogens is 419 g/mol. The fraction of sp³-hybridized carbons (Fsp3) is 0.273. The number of esters is 1. The van der Waals surface area contributed by atoms with Crippen LogP contribution in [0.25, 0.3) is 20.1 Å². The Morgan fingerprint density at radius 1 is 1.07 bits per heavy atom. The van der Waals surface area contributed by atoms with Crippen LogP contribution in [0.5, 0.6) is 5.75 Å². The van der Waals surface area contributed by atoms with Gasteiger partial charge >= 0.3 is 171 Å². The number of hydrogen-bond acceptors (Lipinski definition) is 5. The number of carbonyl (C=O) groups is 1. The van der Waals surface area contributed by atoms with Gasteiger partial charge in [-0.25, -0.2) is 0 Å². The quantitative estimate of drug-likeness (QED) is 0.435. The molecule has 5 nitrogen and oxygen atoms in total. The molecule has 144 valence electrons. The Hall–Kier alpha value is -2.40. The topological polar surface area (TPSA) is 51.7 Å². The van der Waals surface area contributed by atoms with Gasteiger partial charge in [0.2, 0.25) is 0 Å². The molecule has 1 aliphatic heterocycles. The van der Waals surface area contributed by atoms with Crippen molar-refractivity contribution in [3.8, 4) is 25.9 Å². The Morgan fingerprint density at radius 2 is 1.75 bits per heavy atom. The summed E-state index contributed by atoms with van der Waals surface area (Å²) in [4.78, 5) is 18.4. The molecule has 28 heavy (non-hydrogen) atoms. The fourth-order valence-electron chi connectivity index (χ4n) is 3.32. The van der Waals surface area contributed by atoms with Crippen LogP contribution in [-0.4, -0.2) is 57.7 Å². The Morgan fingerprint density at radius 3 is 2.39 bits per heavy atom. The van der Waals surface area contributed by atoms with Gasteiger partial charge in [0.1, 0.15) is 0 Å². The van der Waals surface area contributed by atoms with Crippen LogP contribution in [0.1, 0.15) is 5.56 Å². The number of carbonyl (C=O) groups excluding carboxylic acids is 1. The number of ether oxygens (including phenoxy) is 2. The molecule has 1 aliphatic rings. The SMILES string of the molecule is COC(=O)C1CN(Cc2ccc(-c3cnc(-c4ccc(OC)cc4)[se]3)cc2)C1. The molecule has 0 atom stereocenters. The summed E-state index contributed by atoms with van der Waals surface area (Å²) in [5, 5.41) is 0. The van der Waals surface area contributed by atoms with Crippen molar-refractivity contribution in [1.29, 1.82) is 0 Å². The van der Waals surface area contributed by atoms with Gasteiger partial charge in [0.15, 0.2) is 0 Å². The van der Waals surface area contributed by atoms with E-state index >= 15 is 0 Å². The molecule has 3 aromatic rings. The molecule has 0 N–H and O–H groups in total. The van der Waals surface area contributed by atoms with Crippen molar-refractivity contribution in [3.63, 3.8) is 0 Å². The number of methoxy groups -OCH3 is 2. The molecular formula is C22H22N2O3Se. The van der Waals surface area contributed by atoms with Crippen LogP contribution >= 0.6 is 0 Å². The molecule has 2 aromatic carbocycles. The predicted octanol–water partition coefficient (Wildman–Crippen LogP) is 3.09. The van der Waals surface area contributed by atoms with Gasteiger partial charge in [-0.2, -0.15) is 0 Å². The zero-order valence-corrected chi connectivity index (χ0v) is 17.6. The average Bonchev–Trinajstić information content (AvgIpc) is 3.20. The minimum absolute atomic E-state index is 0.0316. The van der Waals surface area contributed by atoms with Gasteiger partial charge in [-0.3, -0.25) is 0 Å². The Bertz CT molecular complexity index is 945. The summed E-state index contributed by atoms with van der Waals surface area (Å²) in [5.74, 6) is 0.789. The fourth-order valence-corrected chi connectivity index (χ4v) is 5.27. The molecule has 1 fully saturated rings. The van der Waals surface area contributed by atoms with Crippen LogP contribution in [0.15, 0.2) is 54.7 Å². The monoisotopic (exact) mass is 442 g/mol. The van der Waals surface area contributed by atoms with E-state index in [0.717, 1.165) is 35.5 Å². The summed E-state index contributed by atoms with van der Waals surface area (Å²) < 4.78 is 12.4. The third-order valence-electron chi connectivity index (χ3n) is 4.98. The van der Waals surface area contributed by atoms with Gasteiger partial charge in [-0.15, -0.1) is 0 Å². The molecule has 0 unspecified atom stereocenters. The number of rotatable bonds is 6. The molecule has 4 rings (SSSR count). The average molecular weight is 441 g/mol. The number of likely N-dealkylation sites (tertiary alicyclic amines) is 1. The van der Waals surface area contributed by atoms with Gasteiger partial charge in [0, 0.05) is 0 Å². The van der Waals surface area contributed by atoms with Crippen molar-refractivity contribution in [2.45, 2.75) is 6.54 Å². The first-order valence-electron chi connectivity index (χ1n) is 9.16. The first-order chi connectivity index (χ1) is 13.7.